The Morgan fingerprint density at radius 2 is 1.08 bits per heavy atom. The van der Waals surface area contributed by atoms with E-state index in [0.29, 0.717) is 0 Å². The van der Waals surface area contributed by atoms with Gasteiger partial charge in [0.1, 0.15) is 0 Å². The molecule has 2 atom stereocenters. The maximum absolute atomic E-state index is 9.34. The number of hydrogen-bond donors (Lipinski definition) is 2. The van der Waals surface area contributed by atoms with E-state index in [-0.39, 0.29) is 16.8 Å². The zero-order valence-electron chi connectivity index (χ0n) is 7.02. The van der Waals surface area contributed by atoms with Gasteiger partial charge in [-0.25, -0.2) is 0 Å². The first kappa shape index (κ1) is 18.2. The molecule has 0 aliphatic carbocycles. The van der Waals surface area contributed by atoms with Crippen molar-refractivity contribution in [1.82, 2.24) is 0 Å². The number of carbonyl (C=O) groups excluding carboxylic acids is 2. The Hall–Kier alpha value is -0.634. The second-order valence-corrected chi connectivity index (χ2v) is 1.99. The Morgan fingerprint density at radius 3 is 1.08 bits per heavy atom. The van der Waals surface area contributed by atoms with Crippen LogP contribution in [0, 0.1) is 0 Å². The zero-order valence-corrected chi connectivity index (χ0v) is 8.06. The van der Waals surface area contributed by atoms with Crippen molar-refractivity contribution < 1.29 is 46.8 Å². The van der Waals surface area contributed by atoms with E-state index in [1.165, 1.54) is 0 Å². The normalized spacial score (nSPS) is 12.6. The molecular formula is C6H10CoO6. The first-order chi connectivity index (χ1) is 5.29. The van der Waals surface area contributed by atoms with Crippen molar-refractivity contribution in [3.8, 4) is 0 Å². The second kappa shape index (κ2) is 9.45. The van der Waals surface area contributed by atoms with Gasteiger partial charge in [-0.2, -0.15) is 0 Å². The van der Waals surface area contributed by atoms with Gasteiger partial charge in [-0.05, 0) is 13.8 Å². The first-order valence-electron chi connectivity index (χ1n) is 3.06. The first-order valence-corrected chi connectivity index (χ1v) is 3.06. The van der Waals surface area contributed by atoms with Crippen LogP contribution in [0.4, 0.5) is 0 Å². The maximum Gasteiger partial charge on any atom is 2.00 e. The van der Waals surface area contributed by atoms with Crippen molar-refractivity contribution in [3.05, 3.63) is 0 Å². The number of carboxylic acid groups (broad SMARTS) is 2. The summed E-state index contributed by atoms with van der Waals surface area (Å²) in [5, 5.41) is 34.6. The third-order valence-electron chi connectivity index (χ3n) is 0.682. The molecule has 0 saturated carbocycles. The summed E-state index contributed by atoms with van der Waals surface area (Å²) in [6.07, 6.45) is -2.69. The molecule has 0 unspecified atom stereocenters. The molecule has 0 aromatic carbocycles. The summed E-state index contributed by atoms with van der Waals surface area (Å²) in [6.45, 7) is 2.27. The van der Waals surface area contributed by atoms with Gasteiger partial charge in [-0.15, -0.1) is 0 Å². The summed E-state index contributed by atoms with van der Waals surface area (Å²) in [7, 11) is 0. The SMILES string of the molecule is C[C@H](O)C(=O)[O-].C[C@H](O)C(=O)[O-].[Co+2]. The van der Waals surface area contributed by atoms with Crippen molar-refractivity contribution in [1.29, 1.82) is 0 Å². The summed E-state index contributed by atoms with van der Waals surface area (Å²) < 4.78 is 0. The van der Waals surface area contributed by atoms with Crippen LogP contribution >= 0.6 is 0 Å². The van der Waals surface area contributed by atoms with Gasteiger partial charge < -0.3 is 30.0 Å². The van der Waals surface area contributed by atoms with Crippen molar-refractivity contribution in [2.24, 2.45) is 0 Å². The number of rotatable bonds is 2. The molecule has 0 spiro atoms. The van der Waals surface area contributed by atoms with E-state index in [0.717, 1.165) is 13.8 Å². The van der Waals surface area contributed by atoms with Gasteiger partial charge in [0, 0.05) is 0 Å². The number of aliphatic carboxylic acids is 2. The van der Waals surface area contributed by atoms with Gasteiger partial charge >= 0.3 is 16.8 Å². The Labute approximate surface area is 85.4 Å². The van der Waals surface area contributed by atoms with Crippen molar-refractivity contribution in [2.75, 3.05) is 0 Å². The molecule has 0 rings (SSSR count). The van der Waals surface area contributed by atoms with E-state index in [1.807, 2.05) is 0 Å². The Balaban J connectivity index is -0.000000143. The average molecular weight is 237 g/mol. The number of aliphatic hydroxyl groups is 2. The van der Waals surface area contributed by atoms with E-state index in [2.05, 4.69) is 0 Å². The van der Waals surface area contributed by atoms with Crippen molar-refractivity contribution >= 4 is 11.9 Å². The minimum absolute atomic E-state index is 0. The molecule has 7 heteroatoms. The van der Waals surface area contributed by atoms with E-state index < -0.39 is 24.1 Å². The van der Waals surface area contributed by atoms with Crippen LogP contribution in [-0.4, -0.2) is 34.4 Å². The number of aliphatic hydroxyl groups excluding tert-OH is 2. The van der Waals surface area contributed by atoms with Gasteiger partial charge in [0.15, 0.2) is 0 Å². The van der Waals surface area contributed by atoms with Crippen LogP contribution in [-0.2, 0) is 26.4 Å². The molecule has 79 valence electrons. The molecular weight excluding hydrogens is 227 g/mol. The van der Waals surface area contributed by atoms with Crippen LogP contribution in [0.25, 0.3) is 0 Å². The molecule has 0 saturated heterocycles. The molecule has 1 radical (unpaired) electrons. The zero-order chi connectivity index (χ0) is 10.3. The van der Waals surface area contributed by atoms with E-state index >= 15 is 0 Å². The predicted molar refractivity (Wildman–Crippen MR) is 33.4 cm³/mol. The molecule has 0 fully saturated rings. The summed E-state index contributed by atoms with van der Waals surface area (Å²) in [5.41, 5.74) is 0. The number of carboxylic acids is 2. The largest absolute Gasteiger partial charge is 2.00 e. The van der Waals surface area contributed by atoms with Crippen molar-refractivity contribution in [2.45, 2.75) is 26.1 Å². The van der Waals surface area contributed by atoms with Gasteiger partial charge in [-0.1, -0.05) is 0 Å². The molecule has 0 aliphatic rings. The van der Waals surface area contributed by atoms with E-state index in [1.54, 1.807) is 0 Å². The van der Waals surface area contributed by atoms with Crippen LogP contribution < -0.4 is 10.2 Å². The van der Waals surface area contributed by atoms with E-state index in [9.17, 15) is 19.8 Å². The number of hydrogen-bond acceptors (Lipinski definition) is 6. The van der Waals surface area contributed by atoms with Gasteiger partial charge in [-0.3, -0.25) is 0 Å². The summed E-state index contributed by atoms with van der Waals surface area (Å²) in [4.78, 5) is 18.7. The average Bonchev–Trinajstić information content (AvgIpc) is 1.88. The van der Waals surface area contributed by atoms with Crippen LogP contribution in [0.2, 0.25) is 0 Å². The van der Waals surface area contributed by atoms with Crippen LogP contribution in [0.1, 0.15) is 13.8 Å². The summed E-state index contributed by atoms with van der Waals surface area (Å²) in [6, 6.07) is 0. The molecule has 0 heterocycles. The smallest absolute Gasteiger partial charge is 0.547 e. The molecule has 13 heavy (non-hydrogen) atoms. The predicted octanol–water partition coefficient (Wildman–Crippen LogP) is -3.77. The van der Waals surface area contributed by atoms with Crippen LogP contribution in [0.3, 0.4) is 0 Å². The fraction of sp³-hybridized carbons (Fsp3) is 0.667. The van der Waals surface area contributed by atoms with Gasteiger partial charge in [0.05, 0.1) is 24.1 Å². The molecule has 2 N–H and O–H groups in total. The molecule has 0 aromatic heterocycles. The monoisotopic (exact) mass is 237 g/mol. The topological polar surface area (TPSA) is 121 Å². The third kappa shape index (κ3) is 18.4. The summed E-state index contributed by atoms with van der Waals surface area (Å²) in [5.74, 6) is -2.87. The molecule has 0 aromatic rings. The minimum Gasteiger partial charge on any atom is -0.547 e. The minimum atomic E-state index is -1.44. The fourth-order valence-corrected chi connectivity index (χ4v) is 0. The quantitative estimate of drug-likeness (QED) is 0.508. The number of carbonyl (C=O) groups is 2. The molecule has 0 bridgehead atoms. The fourth-order valence-electron chi connectivity index (χ4n) is 0. The standard InChI is InChI=1S/2C3H6O3.Co/c2*1-2(4)3(5)6;/h2*2,4H,1H3,(H,5,6);/q;;+2/p-2/t2*2-;/m00./s1. The Bertz CT molecular complexity index is 137. The van der Waals surface area contributed by atoms with Crippen LogP contribution in [0.15, 0.2) is 0 Å². The summed E-state index contributed by atoms with van der Waals surface area (Å²) >= 11 is 0. The van der Waals surface area contributed by atoms with Gasteiger partial charge in [0.25, 0.3) is 0 Å². The van der Waals surface area contributed by atoms with Gasteiger partial charge in [0.2, 0.25) is 0 Å². The Kier molecular flexibility index (Phi) is 13.2. The Morgan fingerprint density at radius 1 is 1.00 bits per heavy atom. The van der Waals surface area contributed by atoms with E-state index in [4.69, 9.17) is 10.2 Å². The van der Waals surface area contributed by atoms with Crippen molar-refractivity contribution in [3.63, 3.8) is 0 Å². The third-order valence-corrected chi connectivity index (χ3v) is 0.682. The van der Waals surface area contributed by atoms with Crippen LogP contribution in [0.5, 0.6) is 0 Å². The maximum atomic E-state index is 9.34. The second-order valence-electron chi connectivity index (χ2n) is 1.99. The molecule has 0 amide bonds. The molecule has 0 aliphatic heterocycles. The molecule has 6 nitrogen and oxygen atoms in total.